The highest BCUT2D eigenvalue weighted by Crippen LogP contribution is 2.37. The standard InChI is InChI=1S/C22H28Cl2F2NO3/c1-13(2)27(4)11-18(24)17(14(3)23)10-19(28)16-7-8-20(30-22(25)26)21(9-16)29-12-15-5-6-15/h7-9,11,13,15,19,22,28H,4-6,10,12H2,1-3H3/q+1. The summed E-state index contributed by atoms with van der Waals surface area (Å²) in [6, 6.07) is 4.55. The Morgan fingerprint density at radius 1 is 1.30 bits per heavy atom. The molecule has 0 aliphatic heterocycles. The van der Waals surface area contributed by atoms with Crippen LogP contribution in [-0.2, 0) is 0 Å². The van der Waals surface area contributed by atoms with Gasteiger partial charge in [0.2, 0.25) is 0 Å². The molecule has 0 saturated heterocycles. The first-order valence-electron chi connectivity index (χ1n) is 9.79. The Balaban J connectivity index is 2.22. The van der Waals surface area contributed by atoms with Gasteiger partial charge in [-0.15, -0.1) is 0 Å². The summed E-state index contributed by atoms with van der Waals surface area (Å²) in [7, 11) is 0. The number of hydrogen-bond acceptors (Lipinski definition) is 3. The normalized spacial score (nSPS) is 16.5. The summed E-state index contributed by atoms with van der Waals surface area (Å²) in [5, 5.41) is 11.6. The lowest BCUT2D eigenvalue weighted by molar-refractivity contribution is -0.482. The van der Waals surface area contributed by atoms with E-state index < -0.39 is 12.7 Å². The zero-order valence-corrected chi connectivity index (χ0v) is 18.9. The van der Waals surface area contributed by atoms with E-state index >= 15 is 0 Å². The molecular weight excluding hydrogens is 435 g/mol. The van der Waals surface area contributed by atoms with E-state index in [2.05, 4.69) is 11.5 Å². The first-order valence-corrected chi connectivity index (χ1v) is 10.6. The summed E-state index contributed by atoms with van der Waals surface area (Å²) in [6.07, 6.45) is 2.93. The molecule has 0 radical (unpaired) electrons. The fraction of sp³-hybridized carbons (Fsp3) is 0.500. The van der Waals surface area contributed by atoms with E-state index in [9.17, 15) is 13.9 Å². The molecule has 30 heavy (non-hydrogen) atoms. The molecule has 1 aliphatic rings. The van der Waals surface area contributed by atoms with Crippen molar-refractivity contribution in [3.8, 4) is 11.5 Å². The molecule has 1 unspecified atom stereocenters. The molecule has 166 valence electrons. The van der Waals surface area contributed by atoms with Crippen LogP contribution in [0.15, 0.2) is 40.0 Å². The summed E-state index contributed by atoms with van der Waals surface area (Å²) in [5.74, 6) is 0.549. The van der Waals surface area contributed by atoms with E-state index in [1.54, 1.807) is 17.7 Å². The second-order valence-electron chi connectivity index (χ2n) is 7.66. The van der Waals surface area contributed by atoms with Crippen molar-refractivity contribution in [2.24, 2.45) is 5.92 Å². The van der Waals surface area contributed by atoms with Crippen molar-refractivity contribution in [2.75, 3.05) is 6.61 Å². The number of aliphatic hydroxyl groups is 1. The Morgan fingerprint density at radius 3 is 2.50 bits per heavy atom. The van der Waals surface area contributed by atoms with Gasteiger partial charge in [0.1, 0.15) is 11.7 Å². The summed E-state index contributed by atoms with van der Waals surface area (Å²) in [6.45, 7) is 6.97. The van der Waals surface area contributed by atoms with Crippen LogP contribution in [0.2, 0.25) is 0 Å². The lowest BCUT2D eigenvalue weighted by Gasteiger charge is -2.17. The van der Waals surface area contributed by atoms with Crippen molar-refractivity contribution >= 4 is 29.9 Å². The van der Waals surface area contributed by atoms with E-state index in [0.29, 0.717) is 33.7 Å². The molecule has 1 atom stereocenters. The average Bonchev–Trinajstić information content (AvgIpc) is 3.48. The molecule has 0 amide bonds. The van der Waals surface area contributed by atoms with Crippen molar-refractivity contribution in [3.63, 3.8) is 0 Å². The third kappa shape index (κ3) is 7.56. The smallest absolute Gasteiger partial charge is 0.387 e. The zero-order valence-electron chi connectivity index (χ0n) is 17.4. The molecule has 1 aliphatic carbocycles. The predicted octanol–water partition coefficient (Wildman–Crippen LogP) is 6.21. The number of alkyl halides is 2. The maximum Gasteiger partial charge on any atom is 0.387 e. The van der Waals surface area contributed by atoms with Crippen LogP contribution >= 0.6 is 23.2 Å². The number of halogens is 4. The number of allylic oxidation sites excluding steroid dienone is 2. The van der Waals surface area contributed by atoms with Crippen molar-refractivity contribution in [1.82, 2.24) is 0 Å². The summed E-state index contributed by atoms with van der Waals surface area (Å²) >= 11 is 12.6. The Hall–Kier alpha value is -1.63. The third-order valence-electron chi connectivity index (χ3n) is 4.78. The minimum atomic E-state index is -2.96. The largest absolute Gasteiger partial charge is 0.489 e. The first-order chi connectivity index (χ1) is 14.1. The molecule has 1 aromatic carbocycles. The molecule has 4 nitrogen and oxygen atoms in total. The van der Waals surface area contributed by atoms with Gasteiger partial charge < -0.3 is 14.6 Å². The highest BCUT2D eigenvalue weighted by molar-refractivity contribution is 6.35. The van der Waals surface area contributed by atoms with Crippen LogP contribution in [0.1, 0.15) is 51.7 Å². The van der Waals surface area contributed by atoms with Gasteiger partial charge in [0.05, 0.1) is 12.7 Å². The van der Waals surface area contributed by atoms with Gasteiger partial charge >= 0.3 is 6.61 Å². The third-order valence-corrected chi connectivity index (χ3v) is 5.34. The van der Waals surface area contributed by atoms with Crippen LogP contribution < -0.4 is 9.47 Å². The van der Waals surface area contributed by atoms with E-state index in [4.69, 9.17) is 27.9 Å². The highest BCUT2D eigenvalue weighted by Gasteiger charge is 2.24. The van der Waals surface area contributed by atoms with E-state index in [1.807, 2.05) is 13.8 Å². The minimum absolute atomic E-state index is 0.0616. The summed E-state index contributed by atoms with van der Waals surface area (Å²) in [4.78, 5) is 0. The van der Waals surface area contributed by atoms with Gasteiger partial charge in [-0.1, -0.05) is 29.3 Å². The second-order valence-corrected chi connectivity index (χ2v) is 8.63. The predicted molar refractivity (Wildman–Crippen MR) is 116 cm³/mol. The Kier molecular flexibility index (Phi) is 9.13. The van der Waals surface area contributed by atoms with Gasteiger partial charge in [0, 0.05) is 11.5 Å². The summed E-state index contributed by atoms with van der Waals surface area (Å²) < 4.78 is 37.3. The number of hydrogen-bond donors (Lipinski definition) is 1. The quantitative estimate of drug-likeness (QED) is 0.241. The van der Waals surface area contributed by atoms with Crippen molar-refractivity contribution in [3.05, 3.63) is 45.6 Å². The van der Waals surface area contributed by atoms with E-state index in [-0.39, 0.29) is 24.0 Å². The molecule has 1 N–H and O–H groups in total. The van der Waals surface area contributed by atoms with E-state index in [1.165, 1.54) is 18.2 Å². The molecule has 1 aromatic rings. The zero-order chi connectivity index (χ0) is 22.4. The Morgan fingerprint density at radius 2 is 1.97 bits per heavy atom. The molecule has 0 aromatic heterocycles. The van der Waals surface area contributed by atoms with Gasteiger partial charge in [-0.25, -0.2) is 4.58 Å². The van der Waals surface area contributed by atoms with Crippen LogP contribution in [0.25, 0.3) is 0 Å². The number of nitrogens with zero attached hydrogens (tertiary/aromatic N) is 1. The highest BCUT2D eigenvalue weighted by atomic mass is 35.5. The molecule has 8 heteroatoms. The maximum atomic E-state index is 12.7. The van der Waals surface area contributed by atoms with Crippen LogP contribution in [0.4, 0.5) is 8.78 Å². The Bertz CT molecular complexity index is 817. The van der Waals surface area contributed by atoms with E-state index in [0.717, 1.165) is 12.8 Å². The van der Waals surface area contributed by atoms with Gasteiger partial charge in [0.25, 0.3) is 0 Å². The monoisotopic (exact) mass is 462 g/mol. The van der Waals surface area contributed by atoms with Crippen LogP contribution in [-0.4, -0.2) is 35.7 Å². The molecule has 2 rings (SSSR count). The van der Waals surface area contributed by atoms with Gasteiger partial charge in [-0.05, 0) is 62.8 Å². The Labute approximate surface area is 186 Å². The number of ether oxygens (including phenoxy) is 2. The topological polar surface area (TPSA) is 41.7 Å². The number of aliphatic hydroxyl groups excluding tert-OH is 1. The number of benzene rings is 1. The average molecular weight is 463 g/mol. The minimum Gasteiger partial charge on any atom is -0.489 e. The fourth-order valence-corrected chi connectivity index (χ4v) is 3.19. The van der Waals surface area contributed by atoms with Crippen LogP contribution in [0, 0.1) is 5.92 Å². The van der Waals surface area contributed by atoms with Crippen molar-refractivity contribution in [2.45, 2.75) is 58.8 Å². The molecule has 0 bridgehead atoms. The van der Waals surface area contributed by atoms with Crippen LogP contribution in [0.3, 0.4) is 0 Å². The van der Waals surface area contributed by atoms with Crippen molar-refractivity contribution < 1.29 is 27.9 Å². The molecule has 0 heterocycles. The SMILES string of the molecule is C=[N+](C=C(Cl)C(CC(O)c1ccc(OC(F)F)c(OCC2CC2)c1)=C(C)Cl)C(C)C. The van der Waals surface area contributed by atoms with Crippen LogP contribution in [0.5, 0.6) is 11.5 Å². The summed E-state index contributed by atoms with van der Waals surface area (Å²) in [5.41, 5.74) is 1.05. The maximum absolute atomic E-state index is 12.7. The number of rotatable bonds is 11. The lowest BCUT2D eigenvalue weighted by Crippen LogP contribution is -2.12. The first kappa shape index (κ1) is 24.6. The molecular formula is C22H28Cl2F2NO3+. The van der Waals surface area contributed by atoms with Gasteiger partial charge in [0.15, 0.2) is 23.7 Å². The van der Waals surface area contributed by atoms with Gasteiger partial charge in [-0.2, -0.15) is 8.78 Å². The molecule has 1 saturated carbocycles. The van der Waals surface area contributed by atoms with Gasteiger partial charge in [-0.3, -0.25) is 0 Å². The molecule has 0 spiro atoms. The fourth-order valence-electron chi connectivity index (χ4n) is 2.62. The molecule has 1 fully saturated rings. The lowest BCUT2D eigenvalue weighted by atomic mass is 10.0. The van der Waals surface area contributed by atoms with Crippen molar-refractivity contribution in [1.29, 1.82) is 0 Å². The second kappa shape index (κ2) is 11.1.